The number of benzene rings is 3. The van der Waals surface area contributed by atoms with E-state index in [1.54, 1.807) is 35.6 Å². The van der Waals surface area contributed by atoms with Gasteiger partial charge in [-0.3, -0.25) is 4.79 Å². The maximum Gasteiger partial charge on any atom is 0.196 e. The first-order chi connectivity index (χ1) is 13.3. The van der Waals surface area contributed by atoms with Gasteiger partial charge in [-0.15, -0.1) is 11.3 Å². The minimum atomic E-state index is -3.27. The number of hydrogen-bond acceptors (Lipinski definition) is 4. The van der Waals surface area contributed by atoms with Gasteiger partial charge >= 0.3 is 0 Å². The minimum Gasteiger partial charge on any atom is -0.288 e. The van der Waals surface area contributed by atoms with Crippen LogP contribution in [-0.4, -0.2) is 14.7 Å². The van der Waals surface area contributed by atoms with E-state index in [-0.39, 0.29) is 10.3 Å². The molecule has 3 nitrogen and oxygen atoms in total. The van der Waals surface area contributed by atoms with Crippen LogP contribution in [0.3, 0.4) is 0 Å². The second-order valence-corrected chi connectivity index (χ2v) is 9.86. The standard InChI is InChI=1S/C23H18O3S2/c1-15-7-9-16(10-8-15)21-22(24)19-5-3-4-6-20(19)27-23(21)17-11-13-18(14-12-17)28(2,25)26/h3-14H,1-2H3. The summed E-state index contributed by atoms with van der Waals surface area (Å²) in [5, 5.41) is 0.694. The third kappa shape index (κ3) is 3.39. The highest BCUT2D eigenvalue weighted by molar-refractivity contribution is 7.90. The maximum atomic E-state index is 13.3. The van der Waals surface area contributed by atoms with E-state index in [1.165, 1.54) is 6.26 Å². The van der Waals surface area contributed by atoms with Crippen LogP contribution in [0.5, 0.6) is 0 Å². The van der Waals surface area contributed by atoms with Crippen molar-refractivity contribution >= 4 is 31.3 Å². The Bertz CT molecular complexity index is 1330. The van der Waals surface area contributed by atoms with E-state index in [9.17, 15) is 13.2 Å². The van der Waals surface area contributed by atoms with Crippen LogP contribution in [0.15, 0.2) is 82.5 Å². The Morgan fingerprint density at radius 2 is 1.39 bits per heavy atom. The highest BCUT2D eigenvalue weighted by Crippen LogP contribution is 2.37. The average molecular weight is 407 g/mol. The fourth-order valence-corrected chi connectivity index (χ4v) is 5.02. The van der Waals surface area contributed by atoms with E-state index in [4.69, 9.17) is 0 Å². The van der Waals surface area contributed by atoms with Crippen LogP contribution in [0.25, 0.3) is 31.7 Å². The fourth-order valence-electron chi connectivity index (χ4n) is 3.18. The van der Waals surface area contributed by atoms with Crippen LogP contribution in [0, 0.1) is 6.92 Å². The number of sulfone groups is 1. The Hall–Kier alpha value is -2.76. The minimum absolute atomic E-state index is 0.0135. The molecule has 140 valence electrons. The van der Waals surface area contributed by atoms with Gasteiger partial charge in [-0.05, 0) is 42.3 Å². The summed E-state index contributed by atoms with van der Waals surface area (Å²) in [6, 6.07) is 22.2. The van der Waals surface area contributed by atoms with E-state index in [2.05, 4.69) is 0 Å². The highest BCUT2D eigenvalue weighted by atomic mass is 32.2. The predicted molar refractivity (Wildman–Crippen MR) is 117 cm³/mol. The summed E-state index contributed by atoms with van der Waals surface area (Å²) in [5.41, 5.74) is 3.45. The lowest BCUT2D eigenvalue weighted by atomic mass is 9.99. The topological polar surface area (TPSA) is 51.2 Å². The molecule has 0 bridgehead atoms. The molecule has 4 aromatic rings. The molecule has 4 rings (SSSR count). The molecule has 0 atom stereocenters. The van der Waals surface area contributed by atoms with Crippen molar-refractivity contribution in [1.29, 1.82) is 0 Å². The first-order valence-electron chi connectivity index (χ1n) is 8.78. The third-order valence-electron chi connectivity index (χ3n) is 4.68. The molecule has 0 saturated carbocycles. The van der Waals surface area contributed by atoms with E-state index in [0.29, 0.717) is 10.9 Å². The lowest BCUT2D eigenvalue weighted by Gasteiger charge is -2.12. The van der Waals surface area contributed by atoms with Crippen LogP contribution >= 0.6 is 11.3 Å². The van der Waals surface area contributed by atoms with Crippen LogP contribution in [0.4, 0.5) is 0 Å². The van der Waals surface area contributed by atoms with E-state index >= 15 is 0 Å². The van der Waals surface area contributed by atoms with Gasteiger partial charge in [0.1, 0.15) is 0 Å². The van der Waals surface area contributed by atoms with Crippen LogP contribution in [0.2, 0.25) is 0 Å². The van der Waals surface area contributed by atoms with Gasteiger partial charge < -0.3 is 0 Å². The van der Waals surface area contributed by atoms with Crippen LogP contribution in [0.1, 0.15) is 5.56 Å². The van der Waals surface area contributed by atoms with E-state index in [1.807, 2.05) is 55.5 Å². The van der Waals surface area contributed by atoms with Crippen molar-refractivity contribution < 1.29 is 8.42 Å². The third-order valence-corrected chi connectivity index (χ3v) is 7.03. The summed E-state index contributed by atoms with van der Waals surface area (Å²) >= 11 is 1.54. The number of hydrogen-bond donors (Lipinski definition) is 0. The molecule has 0 saturated heterocycles. The summed E-state index contributed by atoms with van der Waals surface area (Å²) in [4.78, 5) is 14.5. The van der Waals surface area contributed by atoms with E-state index in [0.717, 1.165) is 26.3 Å². The summed E-state index contributed by atoms with van der Waals surface area (Å²) in [5.74, 6) is 0. The summed E-state index contributed by atoms with van der Waals surface area (Å²) < 4.78 is 24.5. The highest BCUT2D eigenvalue weighted by Gasteiger charge is 2.16. The molecule has 0 spiro atoms. The quantitative estimate of drug-likeness (QED) is 0.463. The average Bonchev–Trinajstić information content (AvgIpc) is 2.68. The summed E-state index contributed by atoms with van der Waals surface area (Å²) in [6.07, 6.45) is 1.19. The zero-order valence-corrected chi connectivity index (χ0v) is 17.1. The molecule has 3 aromatic carbocycles. The molecule has 0 N–H and O–H groups in total. The molecule has 0 radical (unpaired) electrons. The van der Waals surface area contributed by atoms with Gasteiger partial charge in [0, 0.05) is 26.8 Å². The molecule has 0 aliphatic rings. The largest absolute Gasteiger partial charge is 0.288 e. The molecule has 1 heterocycles. The Balaban J connectivity index is 2.03. The maximum absolute atomic E-state index is 13.3. The fraction of sp³-hybridized carbons (Fsp3) is 0.0870. The van der Waals surface area contributed by atoms with Gasteiger partial charge in [-0.25, -0.2) is 8.42 Å². The van der Waals surface area contributed by atoms with Crippen molar-refractivity contribution in [2.45, 2.75) is 11.8 Å². The molecule has 0 aliphatic heterocycles. The van der Waals surface area contributed by atoms with Crippen molar-refractivity contribution in [3.8, 4) is 21.6 Å². The Kier molecular flexibility index (Phi) is 4.65. The lowest BCUT2D eigenvalue weighted by Crippen LogP contribution is -2.06. The Morgan fingerprint density at radius 1 is 0.786 bits per heavy atom. The van der Waals surface area contributed by atoms with Crippen LogP contribution < -0.4 is 5.43 Å². The van der Waals surface area contributed by atoms with Gasteiger partial charge in [-0.1, -0.05) is 54.1 Å². The number of aryl methyl sites for hydroxylation is 1. The van der Waals surface area contributed by atoms with Crippen molar-refractivity contribution in [1.82, 2.24) is 0 Å². The Morgan fingerprint density at radius 3 is 2.04 bits per heavy atom. The van der Waals surface area contributed by atoms with Crippen molar-refractivity contribution in [3.05, 3.63) is 88.6 Å². The van der Waals surface area contributed by atoms with Gasteiger partial charge in [-0.2, -0.15) is 0 Å². The Labute approximate surface area is 167 Å². The molecule has 28 heavy (non-hydrogen) atoms. The second kappa shape index (κ2) is 7.00. The molecule has 0 amide bonds. The molecular weight excluding hydrogens is 388 g/mol. The SMILES string of the molecule is Cc1ccc(-c2c(-c3ccc(S(C)(=O)=O)cc3)sc3ccccc3c2=O)cc1. The predicted octanol–water partition coefficient (Wildman–Crippen LogP) is 5.31. The van der Waals surface area contributed by atoms with Gasteiger partial charge in [0.2, 0.25) is 0 Å². The van der Waals surface area contributed by atoms with Crippen molar-refractivity contribution in [3.63, 3.8) is 0 Å². The van der Waals surface area contributed by atoms with Crippen LogP contribution in [-0.2, 0) is 9.84 Å². The first-order valence-corrected chi connectivity index (χ1v) is 11.5. The lowest BCUT2D eigenvalue weighted by molar-refractivity contribution is 0.602. The monoisotopic (exact) mass is 406 g/mol. The normalized spacial score (nSPS) is 11.6. The van der Waals surface area contributed by atoms with Crippen molar-refractivity contribution in [2.24, 2.45) is 0 Å². The molecule has 0 aliphatic carbocycles. The van der Waals surface area contributed by atoms with Gasteiger partial charge in [0.25, 0.3) is 0 Å². The summed E-state index contributed by atoms with van der Waals surface area (Å²) in [6.45, 7) is 2.01. The molecule has 1 aromatic heterocycles. The van der Waals surface area contributed by atoms with Gasteiger partial charge in [0.05, 0.1) is 4.90 Å². The van der Waals surface area contributed by atoms with Crippen molar-refractivity contribution in [2.75, 3.05) is 6.26 Å². The zero-order chi connectivity index (χ0) is 19.9. The number of rotatable bonds is 3. The second-order valence-electron chi connectivity index (χ2n) is 6.79. The molecule has 0 fully saturated rings. The zero-order valence-electron chi connectivity index (χ0n) is 15.5. The van der Waals surface area contributed by atoms with E-state index < -0.39 is 9.84 Å². The molecule has 0 unspecified atom stereocenters. The summed E-state index contributed by atoms with van der Waals surface area (Å²) in [7, 11) is -3.27. The molecular formula is C23H18O3S2. The first kappa shape index (κ1) is 18.6. The smallest absolute Gasteiger partial charge is 0.196 e. The number of fused-ring (bicyclic) bond motifs is 1. The molecule has 5 heteroatoms. The van der Waals surface area contributed by atoms with Gasteiger partial charge in [0.15, 0.2) is 15.3 Å².